The molecule has 1 nitrogen and oxygen atoms in total. The van der Waals surface area contributed by atoms with E-state index in [0.717, 1.165) is 5.54 Å². The van der Waals surface area contributed by atoms with Crippen LogP contribution in [0.25, 0.3) is 0 Å². The van der Waals surface area contributed by atoms with Crippen LogP contribution in [-0.4, -0.2) is 0 Å². The van der Waals surface area contributed by atoms with Gasteiger partial charge in [0.15, 0.2) is 0 Å². The van der Waals surface area contributed by atoms with Crippen molar-refractivity contribution in [2.75, 3.05) is 0 Å². The molecule has 0 bridgehead atoms. The second-order valence-corrected chi connectivity index (χ2v) is 1.97. The third-order valence-electron chi connectivity index (χ3n) is 0.989. The van der Waals surface area contributed by atoms with E-state index in [9.17, 15) is 4.39 Å². The van der Waals surface area contributed by atoms with Gasteiger partial charge in [0, 0.05) is 0 Å². The molecule has 0 amide bonds. The van der Waals surface area contributed by atoms with Crippen LogP contribution >= 0.6 is 11.6 Å². The van der Waals surface area contributed by atoms with Crippen molar-refractivity contribution in [1.82, 2.24) is 0 Å². The Kier molecular flexibility index (Phi) is 2.93. The molecule has 3 heteroatoms. The van der Waals surface area contributed by atoms with Crippen molar-refractivity contribution in [3.8, 4) is 5.75 Å². The van der Waals surface area contributed by atoms with Crippen LogP contribution in [0.2, 0.25) is 0 Å². The molecule has 1 radical (unpaired) electrons. The maximum atomic E-state index is 12.3. The van der Waals surface area contributed by atoms with E-state index in [-0.39, 0.29) is 0 Å². The molecule has 0 aromatic heterocycles. The molecule has 0 spiro atoms. The summed E-state index contributed by atoms with van der Waals surface area (Å²) in [7, 11) is 0. The summed E-state index contributed by atoms with van der Waals surface area (Å²) in [5.41, 5.74) is 0.733. The number of rotatable bonds is 2. The molecule has 0 aliphatic carbocycles. The highest BCUT2D eigenvalue weighted by atomic mass is 35.5. The molecule has 1 aromatic carbocycles. The summed E-state index contributed by atoms with van der Waals surface area (Å²) < 4.78 is 16.9. The van der Waals surface area contributed by atoms with Crippen molar-refractivity contribution in [2.45, 2.75) is 0 Å². The molecule has 0 fully saturated rings. The van der Waals surface area contributed by atoms with E-state index >= 15 is 0 Å². The average Bonchev–Trinajstić information content (AvgIpc) is 2.06. The summed E-state index contributed by atoms with van der Waals surface area (Å²) in [4.78, 5) is 0. The van der Waals surface area contributed by atoms with Crippen molar-refractivity contribution >= 4 is 11.6 Å². The number of halogens is 2. The predicted molar refractivity (Wildman–Crippen MR) is 41.0 cm³/mol. The zero-order valence-corrected chi connectivity index (χ0v) is 6.31. The van der Waals surface area contributed by atoms with Crippen LogP contribution < -0.4 is 4.74 Å². The number of hydrogen-bond donors (Lipinski definition) is 0. The Morgan fingerprint density at radius 3 is 2.73 bits per heavy atom. The molecule has 11 heavy (non-hydrogen) atoms. The second kappa shape index (κ2) is 3.98. The lowest BCUT2D eigenvalue weighted by Gasteiger charge is -1.98. The average molecular weight is 172 g/mol. The van der Waals surface area contributed by atoms with Gasteiger partial charge in [-0.1, -0.05) is 23.7 Å². The lowest BCUT2D eigenvalue weighted by atomic mass is 10.3. The summed E-state index contributed by atoms with van der Waals surface area (Å²) in [6.07, 6.45) is 0. The molecule has 1 aromatic rings. The van der Waals surface area contributed by atoms with Gasteiger partial charge in [-0.3, -0.25) is 0 Å². The van der Waals surface area contributed by atoms with E-state index in [1.165, 1.54) is 0 Å². The van der Waals surface area contributed by atoms with E-state index in [2.05, 4.69) is 10.8 Å². The van der Waals surface area contributed by atoms with Crippen LogP contribution in [0.4, 0.5) is 4.39 Å². The quantitative estimate of drug-likeness (QED) is 0.622. The van der Waals surface area contributed by atoms with Gasteiger partial charge in [-0.15, -0.1) is 0 Å². The minimum atomic E-state index is -0.821. The van der Waals surface area contributed by atoms with Crippen LogP contribution in [-0.2, 0) is 0 Å². The Labute approximate surface area is 69.1 Å². The molecule has 0 saturated heterocycles. The Morgan fingerprint density at radius 2 is 2.18 bits per heavy atom. The fourth-order valence-corrected chi connectivity index (χ4v) is 0.619. The third kappa shape index (κ3) is 2.60. The zero-order valence-electron chi connectivity index (χ0n) is 5.55. The van der Waals surface area contributed by atoms with Crippen molar-refractivity contribution in [3.05, 3.63) is 41.9 Å². The van der Waals surface area contributed by atoms with Gasteiger partial charge in [0.05, 0.1) is 5.54 Å². The van der Waals surface area contributed by atoms with Crippen molar-refractivity contribution in [1.29, 1.82) is 0 Å². The molecule has 0 saturated carbocycles. The van der Waals surface area contributed by atoms with Gasteiger partial charge < -0.3 is 4.74 Å². The number of benzene rings is 1. The van der Waals surface area contributed by atoms with Crippen molar-refractivity contribution in [2.24, 2.45) is 0 Å². The minimum Gasteiger partial charge on any atom is -0.431 e. The summed E-state index contributed by atoms with van der Waals surface area (Å²) >= 11 is 5.03. The van der Waals surface area contributed by atoms with Gasteiger partial charge in [-0.25, -0.2) is 0 Å². The van der Waals surface area contributed by atoms with Crippen molar-refractivity contribution < 1.29 is 9.13 Å². The lowest BCUT2D eigenvalue weighted by Crippen LogP contribution is -1.86. The van der Waals surface area contributed by atoms with Crippen LogP contribution in [0.1, 0.15) is 0 Å². The Hall–Kier alpha value is -1.02. The highest BCUT2D eigenvalue weighted by Crippen LogP contribution is 2.13. The summed E-state index contributed by atoms with van der Waals surface area (Å²) in [5.74, 6) is 0.401. The predicted octanol–water partition coefficient (Wildman–Crippen LogP) is 2.87. The molecular formula is C8H5ClFO. The first-order chi connectivity index (χ1) is 5.33. The maximum Gasteiger partial charge on any atom is 0.289 e. The van der Waals surface area contributed by atoms with Crippen LogP contribution in [0, 0.1) is 6.07 Å². The largest absolute Gasteiger partial charge is 0.431 e. The Balaban J connectivity index is 2.65. The normalized spacial score (nSPS) is 11.3. The van der Waals surface area contributed by atoms with E-state index in [1.54, 1.807) is 24.3 Å². The van der Waals surface area contributed by atoms with Crippen LogP contribution in [0.3, 0.4) is 0 Å². The number of ether oxygens (including phenoxy) is 1. The fraction of sp³-hybridized carbons (Fsp3) is 0. The first kappa shape index (κ1) is 8.08. The van der Waals surface area contributed by atoms with E-state index in [1.807, 2.05) is 0 Å². The molecule has 57 valence electrons. The van der Waals surface area contributed by atoms with Crippen molar-refractivity contribution in [3.63, 3.8) is 0 Å². The van der Waals surface area contributed by atoms with Gasteiger partial charge in [0.1, 0.15) is 5.75 Å². The monoisotopic (exact) mass is 171 g/mol. The first-order valence-corrected chi connectivity index (χ1v) is 3.36. The minimum absolute atomic E-state index is 0.401. The Bertz CT molecular complexity index is 246. The molecule has 0 heterocycles. The fourth-order valence-electron chi connectivity index (χ4n) is 0.575. The molecule has 0 N–H and O–H groups in total. The highest BCUT2D eigenvalue weighted by Gasteiger charge is 1.94. The van der Waals surface area contributed by atoms with E-state index < -0.39 is 6.01 Å². The SMILES string of the molecule is F/C(=C\Cl)Oc1cc[c]cc1. The lowest BCUT2D eigenvalue weighted by molar-refractivity contribution is 0.303. The zero-order chi connectivity index (χ0) is 8.10. The summed E-state index contributed by atoms with van der Waals surface area (Å²) in [6.45, 7) is 0. The highest BCUT2D eigenvalue weighted by molar-refractivity contribution is 6.25. The Morgan fingerprint density at radius 1 is 1.55 bits per heavy atom. The molecular weight excluding hydrogens is 167 g/mol. The van der Waals surface area contributed by atoms with Gasteiger partial charge in [-0.2, -0.15) is 4.39 Å². The van der Waals surface area contributed by atoms with Gasteiger partial charge in [-0.05, 0) is 18.2 Å². The van der Waals surface area contributed by atoms with Gasteiger partial charge in [0.25, 0.3) is 6.01 Å². The van der Waals surface area contributed by atoms with Gasteiger partial charge >= 0.3 is 0 Å². The van der Waals surface area contributed by atoms with E-state index in [0.29, 0.717) is 5.75 Å². The number of hydrogen-bond acceptors (Lipinski definition) is 1. The summed E-state index contributed by atoms with van der Waals surface area (Å²) in [6, 6.07) is 8.36. The van der Waals surface area contributed by atoms with Crippen LogP contribution in [0.5, 0.6) is 5.75 Å². The molecule has 0 atom stereocenters. The standard InChI is InChI=1S/C8H5ClFO/c9-6-8(10)11-7-4-2-1-3-5-7/h2-6H/b8-6+. The molecule has 0 unspecified atom stereocenters. The molecule has 1 rings (SSSR count). The summed E-state index contributed by atoms with van der Waals surface area (Å²) in [5, 5.41) is 0. The second-order valence-electron chi connectivity index (χ2n) is 1.75. The molecule has 0 aliphatic rings. The topological polar surface area (TPSA) is 9.23 Å². The van der Waals surface area contributed by atoms with Gasteiger partial charge in [0.2, 0.25) is 0 Å². The molecule has 0 aliphatic heterocycles. The smallest absolute Gasteiger partial charge is 0.289 e. The maximum absolute atomic E-state index is 12.3. The van der Waals surface area contributed by atoms with E-state index in [4.69, 9.17) is 11.6 Å². The van der Waals surface area contributed by atoms with Crippen LogP contribution in [0.15, 0.2) is 35.8 Å². The first-order valence-electron chi connectivity index (χ1n) is 2.93. The third-order valence-corrected chi connectivity index (χ3v) is 1.16.